The number of carbonyl (C=O) groups is 1. The number of ether oxygens (including phenoxy) is 5. The molecule has 3 aromatic rings. The summed E-state index contributed by atoms with van der Waals surface area (Å²) in [6.07, 6.45) is 3.92. The van der Waals surface area contributed by atoms with Crippen molar-refractivity contribution in [1.82, 2.24) is 10.3 Å². The summed E-state index contributed by atoms with van der Waals surface area (Å²) in [6, 6.07) is 10.1. The van der Waals surface area contributed by atoms with Gasteiger partial charge in [-0.25, -0.2) is 4.79 Å². The van der Waals surface area contributed by atoms with Crippen molar-refractivity contribution in [3.05, 3.63) is 75.7 Å². The van der Waals surface area contributed by atoms with Gasteiger partial charge in [0.15, 0.2) is 17.2 Å². The fourth-order valence-electron chi connectivity index (χ4n) is 4.65. The smallest absolute Gasteiger partial charge is 0.408 e. The lowest BCUT2D eigenvalue weighted by molar-refractivity contribution is 0.0501. The molecule has 0 aliphatic heterocycles. The average Bonchev–Trinajstić information content (AvgIpc) is 3.14. The van der Waals surface area contributed by atoms with E-state index in [0.29, 0.717) is 41.2 Å². The van der Waals surface area contributed by atoms with Crippen molar-refractivity contribution in [1.29, 1.82) is 0 Å². The molecule has 1 N–H and O–H groups in total. The summed E-state index contributed by atoms with van der Waals surface area (Å²) in [7, 11) is 4.57. The van der Waals surface area contributed by atoms with E-state index in [1.165, 1.54) is 13.2 Å². The summed E-state index contributed by atoms with van der Waals surface area (Å²) in [5.41, 5.74) is 2.87. The van der Waals surface area contributed by atoms with Crippen molar-refractivity contribution in [3.8, 4) is 34.1 Å². The lowest BCUT2D eigenvalue weighted by Crippen LogP contribution is -2.35. The number of aromatic nitrogens is 1. The largest absolute Gasteiger partial charge is 0.493 e. The van der Waals surface area contributed by atoms with Crippen molar-refractivity contribution < 1.29 is 28.5 Å². The highest BCUT2D eigenvalue weighted by Crippen LogP contribution is 2.50. The van der Waals surface area contributed by atoms with Gasteiger partial charge in [0.1, 0.15) is 12.2 Å². The number of methoxy groups -OCH3 is 3. The Hall–Kier alpha value is -4.27. The first-order chi connectivity index (χ1) is 18.6. The van der Waals surface area contributed by atoms with Crippen LogP contribution in [0.5, 0.6) is 23.0 Å². The zero-order valence-corrected chi connectivity index (χ0v) is 23.1. The van der Waals surface area contributed by atoms with E-state index in [4.69, 9.17) is 23.7 Å². The standard InChI is InChI=1S/C30H34N2O7/c1-30(2,3)39-29(34)32-22-11-9-19-14-25(36-5)27(37-6)28(38-17-18-8-7-13-31-16-18)26(19)20-10-12-24(35-4)23(33)15-21(20)22/h7-8,10,12-16,22H,9,11,17H2,1-6H3,(H,32,34). The number of alkyl carbamates (subject to hydrolysis) is 1. The molecule has 9 nitrogen and oxygen atoms in total. The maximum Gasteiger partial charge on any atom is 0.408 e. The number of benzene rings is 1. The summed E-state index contributed by atoms with van der Waals surface area (Å²) in [5.74, 6) is 1.58. The van der Waals surface area contributed by atoms with Gasteiger partial charge < -0.3 is 29.0 Å². The van der Waals surface area contributed by atoms with Crippen molar-refractivity contribution >= 4 is 6.09 Å². The SMILES string of the molecule is COc1cc2c(c(OCc3cccnc3)c1OC)-c1ccc(OC)c(=O)cc1C(NC(=O)OC(C)(C)C)CC2. The fraction of sp³-hybridized carbons (Fsp3) is 0.367. The highest BCUT2D eigenvalue weighted by atomic mass is 16.6. The van der Waals surface area contributed by atoms with Crippen LogP contribution in [0, 0.1) is 0 Å². The number of hydrogen-bond donors (Lipinski definition) is 1. The minimum atomic E-state index is -0.678. The third kappa shape index (κ3) is 6.25. The molecule has 0 saturated carbocycles. The van der Waals surface area contributed by atoms with Crippen LogP contribution in [0.15, 0.2) is 53.6 Å². The molecule has 0 saturated heterocycles. The maximum absolute atomic E-state index is 13.1. The van der Waals surface area contributed by atoms with E-state index in [1.54, 1.807) is 53.5 Å². The number of nitrogens with one attached hydrogen (secondary N) is 1. The average molecular weight is 535 g/mol. The molecule has 1 amide bonds. The first-order valence-electron chi connectivity index (χ1n) is 12.7. The second-order valence-electron chi connectivity index (χ2n) is 10.1. The normalized spacial score (nSPS) is 14.3. The Balaban J connectivity index is 1.93. The quantitative estimate of drug-likeness (QED) is 0.440. The minimum absolute atomic E-state index is 0.180. The molecule has 2 aromatic carbocycles. The number of aryl methyl sites for hydroxylation is 1. The molecule has 0 radical (unpaired) electrons. The number of hydrogen-bond acceptors (Lipinski definition) is 8. The van der Waals surface area contributed by atoms with E-state index in [9.17, 15) is 9.59 Å². The van der Waals surface area contributed by atoms with Crippen LogP contribution in [0.25, 0.3) is 11.1 Å². The van der Waals surface area contributed by atoms with E-state index >= 15 is 0 Å². The Bertz CT molecular complexity index is 1400. The fourth-order valence-corrected chi connectivity index (χ4v) is 4.65. The van der Waals surface area contributed by atoms with Crippen LogP contribution in [0.4, 0.5) is 4.79 Å². The lowest BCUT2D eigenvalue weighted by atomic mass is 9.95. The van der Waals surface area contributed by atoms with Crippen molar-refractivity contribution in [2.45, 2.75) is 51.9 Å². The third-order valence-electron chi connectivity index (χ3n) is 6.31. The summed E-state index contributed by atoms with van der Waals surface area (Å²) >= 11 is 0. The zero-order valence-electron chi connectivity index (χ0n) is 23.1. The van der Waals surface area contributed by atoms with E-state index < -0.39 is 17.7 Å². The highest BCUT2D eigenvalue weighted by molar-refractivity contribution is 5.83. The molecular formula is C30H34N2O7. The maximum atomic E-state index is 13.1. The number of carbonyl (C=O) groups excluding carboxylic acids is 1. The molecule has 1 aromatic heterocycles. The Morgan fingerprint density at radius 1 is 1.03 bits per heavy atom. The molecule has 9 heteroatoms. The minimum Gasteiger partial charge on any atom is -0.493 e. The van der Waals surface area contributed by atoms with E-state index in [1.807, 2.05) is 24.3 Å². The summed E-state index contributed by atoms with van der Waals surface area (Å²) < 4.78 is 28.7. The van der Waals surface area contributed by atoms with Gasteiger partial charge in [0, 0.05) is 23.5 Å². The monoisotopic (exact) mass is 534 g/mol. The number of fused-ring (bicyclic) bond motifs is 3. The molecule has 206 valence electrons. The van der Waals surface area contributed by atoms with Crippen LogP contribution >= 0.6 is 0 Å². The second-order valence-corrected chi connectivity index (χ2v) is 10.1. The van der Waals surface area contributed by atoms with Gasteiger partial charge >= 0.3 is 6.09 Å². The summed E-state index contributed by atoms with van der Waals surface area (Å²) in [6.45, 7) is 5.63. The molecule has 1 unspecified atom stereocenters. The Morgan fingerprint density at radius 3 is 2.44 bits per heavy atom. The van der Waals surface area contributed by atoms with Crippen LogP contribution in [0.1, 0.15) is 49.9 Å². The predicted octanol–water partition coefficient (Wildman–Crippen LogP) is 5.23. The van der Waals surface area contributed by atoms with Gasteiger partial charge in [0.2, 0.25) is 11.2 Å². The number of pyridine rings is 1. The number of amides is 1. The van der Waals surface area contributed by atoms with E-state index in [0.717, 1.165) is 16.7 Å². The Morgan fingerprint density at radius 2 is 1.79 bits per heavy atom. The lowest BCUT2D eigenvalue weighted by Gasteiger charge is -2.24. The molecule has 1 atom stereocenters. The Kier molecular flexibility index (Phi) is 8.28. The van der Waals surface area contributed by atoms with Gasteiger partial charge in [-0.15, -0.1) is 0 Å². The van der Waals surface area contributed by atoms with E-state index in [-0.39, 0.29) is 17.8 Å². The summed E-state index contributed by atoms with van der Waals surface area (Å²) in [5, 5.41) is 2.97. The van der Waals surface area contributed by atoms with Gasteiger partial charge in [-0.05, 0) is 74.6 Å². The molecule has 1 aliphatic carbocycles. The van der Waals surface area contributed by atoms with Crippen LogP contribution in [0.3, 0.4) is 0 Å². The van der Waals surface area contributed by atoms with E-state index in [2.05, 4.69) is 10.3 Å². The molecular weight excluding hydrogens is 500 g/mol. The second kappa shape index (κ2) is 11.6. The molecule has 0 bridgehead atoms. The van der Waals surface area contributed by atoms with Gasteiger partial charge in [0.05, 0.1) is 27.4 Å². The molecule has 0 fully saturated rings. The van der Waals surface area contributed by atoms with Crippen molar-refractivity contribution in [2.24, 2.45) is 0 Å². The first kappa shape index (κ1) is 27.8. The van der Waals surface area contributed by atoms with Crippen LogP contribution in [-0.4, -0.2) is 38.0 Å². The molecule has 1 aliphatic rings. The van der Waals surface area contributed by atoms with Gasteiger partial charge in [-0.1, -0.05) is 12.1 Å². The topological polar surface area (TPSA) is 105 Å². The van der Waals surface area contributed by atoms with Crippen LogP contribution in [-0.2, 0) is 17.8 Å². The summed E-state index contributed by atoms with van der Waals surface area (Å²) in [4.78, 5) is 30.1. The highest BCUT2D eigenvalue weighted by Gasteiger charge is 2.31. The third-order valence-corrected chi connectivity index (χ3v) is 6.31. The first-order valence-corrected chi connectivity index (χ1v) is 12.7. The molecule has 0 spiro atoms. The number of rotatable bonds is 7. The Labute approximate surface area is 228 Å². The van der Waals surface area contributed by atoms with Gasteiger partial charge in [-0.2, -0.15) is 0 Å². The molecule has 39 heavy (non-hydrogen) atoms. The number of nitrogens with zero attached hydrogens (tertiary/aromatic N) is 1. The zero-order chi connectivity index (χ0) is 28.2. The van der Waals surface area contributed by atoms with Gasteiger partial charge in [0.25, 0.3) is 0 Å². The predicted molar refractivity (Wildman–Crippen MR) is 147 cm³/mol. The van der Waals surface area contributed by atoms with Crippen molar-refractivity contribution in [2.75, 3.05) is 21.3 Å². The molecule has 1 heterocycles. The molecule has 4 rings (SSSR count). The van der Waals surface area contributed by atoms with Gasteiger partial charge in [-0.3, -0.25) is 9.78 Å². The van der Waals surface area contributed by atoms with Crippen LogP contribution in [0.2, 0.25) is 0 Å². The van der Waals surface area contributed by atoms with Crippen molar-refractivity contribution in [3.63, 3.8) is 0 Å². The van der Waals surface area contributed by atoms with Crippen LogP contribution < -0.4 is 29.7 Å².